The average Bonchev–Trinajstić information content (AvgIpc) is 2.27. The summed E-state index contributed by atoms with van der Waals surface area (Å²) in [6.45, 7) is 2.64. The molecule has 0 saturated heterocycles. The Balaban J connectivity index is 2.02. The zero-order valence-electron chi connectivity index (χ0n) is 8.98. The van der Waals surface area contributed by atoms with Gasteiger partial charge in [0.25, 0.3) is 0 Å². The van der Waals surface area contributed by atoms with Crippen LogP contribution in [0.3, 0.4) is 0 Å². The number of aromatic nitrogens is 1. The fraction of sp³-hybridized carbons (Fsp3) is 0.154. The Kier molecular flexibility index (Phi) is 3.57. The molecule has 2 nitrogen and oxygen atoms in total. The normalized spacial score (nSPS) is 10.1. The summed E-state index contributed by atoms with van der Waals surface area (Å²) in [5.74, 6) is 0.774. The third kappa shape index (κ3) is 3.07. The van der Waals surface area contributed by atoms with E-state index in [1.807, 2.05) is 12.1 Å². The summed E-state index contributed by atoms with van der Waals surface area (Å²) in [5.41, 5.74) is 2.41. The highest BCUT2D eigenvalue weighted by atomic mass is 79.9. The molecule has 1 aromatic carbocycles. The van der Waals surface area contributed by atoms with Gasteiger partial charge in [0, 0.05) is 10.7 Å². The molecular weight excluding hydrogens is 266 g/mol. The second-order valence-electron chi connectivity index (χ2n) is 3.62. The summed E-state index contributed by atoms with van der Waals surface area (Å²) in [7, 11) is 0. The number of aryl methyl sites for hydroxylation is 1. The van der Waals surface area contributed by atoms with E-state index in [0.717, 1.165) is 10.2 Å². The molecule has 0 amide bonds. The maximum atomic E-state index is 5.64. The lowest BCUT2D eigenvalue weighted by atomic mass is 10.1. The van der Waals surface area contributed by atoms with E-state index in [9.17, 15) is 0 Å². The molecule has 0 saturated carbocycles. The van der Waals surface area contributed by atoms with Crippen LogP contribution in [-0.4, -0.2) is 4.98 Å². The average molecular weight is 278 g/mol. The Labute approximate surface area is 103 Å². The molecule has 0 spiro atoms. The molecule has 16 heavy (non-hydrogen) atoms. The van der Waals surface area contributed by atoms with E-state index in [-0.39, 0.29) is 0 Å². The van der Waals surface area contributed by atoms with Gasteiger partial charge in [-0.1, -0.05) is 29.8 Å². The molecule has 0 radical (unpaired) electrons. The first-order valence-electron chi connectivity index (χ1n) is 5.03. The molecule has 0 aliphatic rings. The molecular formula is C13H12BrNO. The van der Waals surface area contributed by atoms with Crippen molar-refractivity contribution < 1.29 is 4.74 Å². The van der Waals surface area contributed by atoms with Crippen molar-refractivity contribution in [3.8, 4) is 5.75 Å². The number of rotatable bonds is 3. The quantitative estimate of drug-likeness (QED) is 0.853. The van der Waals surface area contributed by atoms with Gasteiger partial charge < -0.3 is 4.74 Å². The molecule has 1 aromatic heterocycles. The van der Waals surface area contributed by atoms with E-state index < -0.39 is 0 Å². The Hall–Kier alpha value is -1.35. The van der Waals surface area contributed by atoms with Gasteiger partial charge in [-0.15, -0.1) is 0 Å². The van der Waals surface area contributed by atoms with E-state index >= 15 is 0 Å². The van der Waals surface area contributed by atoms with Crippen molar-refractivity contribution in [3.63, 3.8) is 0 Å². The summed E-state index contributed by atoms with van der Waals surface area (Å²) in [6, 6.07) is 10.2. The lowest BCUT2D eigenvalue weighted by Gasteiger charge is -2.06. The number of pyridine rings is 1. The van der Waals surface area contributed by atoms with Gasteiger partial charge in [0.15, 0.2) is 0 Å². The number of hydrogen-bond acceptors (Lipinski definition) is 2. The molecule has 0 N–H and O–H groups in total. The lowest BCUT2D eigenvalue weighted by Crippen LogP contribution is -1.95. The van der Waals surface area contributed by atoms with E-state index in [1.54, 1.807) is 12.4 Å². The van der Waals surface area contributed by atoms with Gasteiger partial charge in [-0.25, -0.2) is 0 Å². The van der Waals surface area contributed by atoms with Crippen LogP contribution in [0, 0.1) is 6.92 Å². The first-order chi connectivity index (χ1) is 7.74. The monoisotopic (exact) mass is 277 g/mol. The van der Waals surface area contributed by atoms with Crippen LogP contribution in [0.4, 0.5) is 0 Å². The molecule has 0 aliphatic carbocycles. The molecule has 3 heteroatoms. The number of hydrogen-bond donors (Lipinski definition) is 0. The van der Waals surface area contributed by atoms with Crippen molar-refractivity contribution in [2.24, 2.45) is 0 Å². The van der Waals surface area contributed by atoms with Crippen LogP contribution in [-0.2, 0) is 6.61 Å². The number of nitrogens with zero attached hydrogens (tertiary/aromatic N) is 1. The van der Waals surface area contributed by atoms with Crippen molar-refractivity contribution in [2.75, 3.05) is 0 Å². The first-order valence-corrected chi connectivity index (χ1v) is 5.82. The highest BCUT2D eigenvalue weighted by Gasteiger charge is 1.97. The zero-order valence-corrected chi connectivity index (χ0v) is 10.6. The summed E-state index contributed by atoms with van der Waals surface area (Å²) in [6.07, 6.45) is 3.44. The molecule has 0 fully saturated rings. The van der Waals surface area contributed by atoms with Gasteiger partial charge in [0.05, 0.1) is 6.20 Å². The molecule has 2 aromatic rings. The molecule has 82 valence electrons. The maximum Gasteiger partial charge on any atom is 0.139 e. The van der Waals surface area contributed by atoms with Crippen molar-refractivity contribution in [3.05, 3.63) is 58.3 Å². The Morgan fingerprint density at radius 1 is 1.25 bits per heavy atom. The van der Waals surface area contributed by atoms with Crippen LogP contribution in [0.2, 0.25) is 0 Å². The Morgan fingerprint density at radius 3 is 2.88 bits per heavy atom. The second-order valence-corrected chi connectivity index (χ2v) is 4.53. The van der Waals surface area contributed by atoms with Gasteiger partial charge in [0.1, 0.15) is 12.4 Å². The Bertz CT molecular complexity index is 439. The SMILES string of the molecule is Cc1cccc(COc2cncc(Br)c2)c1. The van der Waals surface area contributed by atoms with Crippen molar-refractivity contribution >= 4 is 15.9 Å². The molecule has 0 atom stereocenters. The van der Waals surface area contributed by atoms with Gasteiger partial charge in [-0.2, -0.15) is 0 Å². The van der Waals surface area contributed by atoms with Crippen LogP contribution >= 0.6 is 15.9 Å². The van der Waals surface area contributed by atoms with Gasteiger partial charge in [-0.3, -0.25) is 4.98 Å². The van der Waals surface area contributed by atoms with Gasteiger partial charge in [-0.05, 0) is 34.5 Å². The molecule has 0 aliphatic heterocycles. The largest absolute Gasteiger partial charge is 0.487 e. The predicted octanol–water partition coefficient (Wildman–Crippen LogP) is 3.73. The van der Waals surface area contributed by atoms with Gasteiger partial charge >= 0.3 is 0 Å². The predicted molar refractivity (Wildman–Crippen MR) is 67.4 cm³/mol. The third-order valence-corrected chi connectivity index (χ3v) is 2.60. The molecule has 1 heterocycles. The summed E-state index contributed by atoms with van der Waals surface area (Å²) < 4.78 is 6.56. The fourth-order valence-corrected chi connectivity index (χ4v) is 1.78. The minimum Gasteiger partial charge on any atom is -0.487 e. The summed E-state index contributed by atoms with van der Waals surface area (Å²) in [4.78, 5) is 4.04. The van der Waals surface area contributed by atoms with E-state index in [2.05, 4.69) is 46.0 Å². The van der Waals surface area contributed by atoms with Crippen LogP contribution in [0.25, 0.3) is 0 Å². The zero-order chi connectivity index (χ0) is 11.4. The summed E-state index contributed by atoms with van der Waals surface area (Å²) >= 11 is 3.36. The molecule has 2 rings (SSSR count). The van der Waals surface area contributed by atoms with Crippen LogP contribution in [0.1, 0.15) is 11.1 Å². The second kappa shape index (κ2) is 5.12. The lowest BCUT2D eigenvalue weighted by molar-refractivity contribution is 0.304. The molecule has 0 bridgehead atoms. The maximum absolute atomic E-state index is 5.64. The van der Waals surface area contributed by atoms with E-state index in [1.165, 1.54) is 11.1 Å². The van der Waals surface area contributed by atoms with Crippen molar-refractivity contribution in [1.82, 2.24) is 4.98 Å². The van der Waals surface area contributed by atoms with Crippen LogP contribution in [0.15, 0.2) is 47.2 Å². The van der Waals surface area contributed by atoms with Crippen LogP contribution < -0.4 is 4.74 Å². The molecule has 0 unspecified atom stereocenters. The minimum absolute atomic E-state index is 0.569. The highest BCUT2D eigenvalue weighted by molar-refractivity contribution is 9.10. The number of halogens is 1. The first kappa shape index (κ1) is 11.1. The Morgan fingerprint density at radius 2 is 2.12 bits per heavy atom. The van der Waals surface area contributed by atoms with Gasteiger partial charge in [0.2, 0.25) is 0 Å². The van der Waals surface area contributed by atoms with E-state index in [4.69, 9.17) is 4.74 Å². The van der Waals surface area contributed by atoms with Crippen molar-refractivity contribution in [2.45, 2.75) is 13.5 Å². The highest BCUT2D eigenvalue weighted by Crippen LogP contribution is 2.17. The van der Waals surface area contributed by atoms with E-state index in [0.29, 0.717) is 6.61 Å². The number of benzene rings is 1. The topological polar surface area (TPSA) is 22.1 Å². The standard InChI is InChI=1S/C13H12BrNO/c1-10-3-2-4-11(5-10)9-16-13-6-12(14)7-15-8-13/h2-8H,9H2,1H3. The fourth-order valence-electron chi connectivity index (χ4n) is 1.44. The number of ether oxygens (including phenoxy) is 1. The van der Waals surface area contributed by atoms with Crippen molar-refractivity contribution in [1.29, 1.82) is 0 Å². The smallest absolute Gasteiger partial charge is 0.139 e. The third-order valence-electron chi connectivity index (χ3n) is 2.17. The van der Waals surface area contributed by atoms with Crippen LogP contribution in [0.5, 0.6) is 5.75 Å². The minimum atomic E-state index is 0.569. The summed E-state index contributed by atoms with van der Waals surface area (Å²) in [5, 5.41) is 0.